The smallest absolute Gasteiger partial charge is 0.139 e. The summed E-state index contributed by atoms with van der Waals surface area (Å²) in [5, 5.41) is 1.05. The van der Waals surface area contributed by atoms with E-state index in [-0.39, 0.29) is 0 Å². The van der Waals surface area contributed by atoms with Gasteiger partial charge in [-0.25, -0.2) is 4.98 Å². The van der Waals surface area contributed by atoms with Crippen LogP contribution in [0.2, 0.25) is 0 Å². The van der Waals surface area contributed by atoms with Crippen LogP contribution in [0.5, 0.6) is 5.75 Å². The van der Waals surface area contributed by atoms with Crippen molar-refractivity contribution >= 4 is 16.8 Å². The second kappa shape index (κ2) is 4.81. The molecule has 4 rings (SSSR count). The van der Waals surface area contributed by atoms with Crippen molar-refractivity contribution < 1.29 is 9.15 Å². The van der Waals surface area contributed by atoms with Gasteiger partial charge in [-0.3, -0.25) is 0 Å². The Morgan fingerprint density at radius 1 is 1.24 bits per heavy atom. The predicted octanol–water partition coefficient (Wildman–Crippen LogP) is 3.40. The normalized spacial score (nSPS) is 13.2. The monoisotopic (exact) mass is 280 g/mol. The average molecular weight is 280 g/mol. The SMILES string of the molecule is CN(Cc1ccc2c(c1)CCO2)c1nccc2occc12. The van der Waals surface area contributed by atoms with Gasteiger partial charge in [-0.1, -0.05) is 12.1 Å². The van der Waals surface area contributed by atoms with Gasteiger partial charge in [0.15, 0.2) is 0 Å². The summed E-state index contributed by atoms with van der Waals surface area (Å²) in [6.45, 7) is 1.61. The van der Waals surface area contributed by atoms with E-state index in [1.54, 1.807) is 12.5 Å². The molecule has 1 aliphatic rings. The lowest BCUT2D eigenvalue weighted by molar-refractivity contribution is 0.357. The van der Waals surface area contributed by atoms with Gasteiger partial charge in [0.1, 0.15) is 17.2 Å². The molecule has 1 aliphatic heterocycles. The van der Waals surface area contributed by atoms with Gasteiger partial charge in [-0.05, 0) is 29.3 Å². The molecular weight excluding hydrogens is 264 g/mol. The van der Waals surface area contributed by atoms with Crippen LogP contribution in [0.4, 0.5) is 5.82 Å². The molecule has 106 valence electrons. The van der Waals surface area contributed by atoms with Crippen molar-refractivity contribution in [3.8, 4) is 5.75 Å². The van der Waals surface area contributed by atoms with E-state index < -0.39 is 0 Å². The number of benzene rings is 1. The van der Waals surface area contributed by atoms with Gasteiger partial charge >= 0.3 is 0 Å². The fraction of sp³-hybridized carbons (Fsp3) is 0.235. The number of rotatable bonds is 3. The first-order valence-electron chi connectivity index (χ1n) is 7.09. The molecule has 0 amide bonds. The summed E-state index contributed by atoms with van der Waals surface area (Å²) >= 11 is 0. The van der Waals surface area contributed by atoms with Gasteiger partial charge < -0.3 is 14.1 Å². The largest absolute Gasteiger partial charge is 0.493 e. The maximum atomic E-state index is 5.55. The fourth-order valence-electron chi connectivity index (χ4n) is 2.87. The second-order valence-corrected chi connectivity index (χ2v) is 5.36. The molecule has 0 saturated heterocycles. The number of aromatic nitrogens is 1. The minimum atomic E-state index is 0.796. The maximum absolute atomic E-state index is 5.55. The molecular formula is C17H16N2O2. The van der Waals surface area contributed by atoms with Crippen LogP contribution in [0.15, 0.2) is 47.2 Å². The van der Waals surface area contributed by atoms with Crippen molar-refractivity contribution in [2.75, 3.05) is 18.6 Å². The van der Waals surface area contributed by atoms with Crippen LogP contribution in [0, 0.1) is 0 Å². The van der Waals surface area contributed by atoms with Gasteiger partial charge in [0, 0.05) is 26.2 Å². The molecule has 0 atom stereocenters. The Morgan fingerprint density at radius 2 is 2.19 bits per heavy atom. The summed E-state index contributed by atoms with van der Waals surface area (Å²) in [5.41, 5.74) is 3.44. The van der Waals surface area contributed by atoms with Crippen LogP contribution in [0.3, 0.4) is 0 Å². The number of hydrogen-bond acceptors (Lipinski definition) is 4. The zero-order chi connectivity index (χ0) is 14.2. The van der Waals surface area contributed by atoms with Gasteiger partial charge in [-0.15, -0.1) is 0 Å². The van der Waals surface area contributed by atoms with E-state index >= 15 is 0 Å². The van der Waals surface area contributed by atoms with Crippen LogP contribution < -0.4 is 9.64 Å². The molecule has 0 saturated carbocycles. The fourth-order valence-corrected chi connectivity index (χ4v) is 2.87. The lowest BCUT2D eigenvalue weighted by Crippen LogP contribution is -2.17. The zero-order valence-corrected chi connectivity index (χ0v) is 11.9. The van der Waals surface area contributed by atoms with E-state index in [1.807, 2.05) is 12.1 Å². The second-order valence-electron chi connectivity index (χ2n) is 5.36. The molecule has 0 N–H and O–H groups in total. The lowest BCUT2D eigenvalue weighted by Gasteiger charge is -2.19. The van der Waals surface area contributed by atoms with E-state index in [9.17, 15) is 0 Å². The van der Waals surface area contributed by atoms with Gasteiger partial charge in [-0.2, -0.15) is 0 Å². The third-order valence-corrected chi connectivity index (χ3v) is 3.89. The Morgan fingerprint density at radius 3 is 3.14 bits per heavy atom. The molecule has 1 aromatic carbocycles. The van der Waals surface area contributed by atoms with Crippen molar-refractivity contribution in [3.05, 3.63) is 53.9 Å². The van der Waals surface area contributed by atoms with Gasteiger partial charge in [0.05, 0.1) is 18.3 Å². The van der Waals surface area contributed by atoms with Gasteiger partial charge in [0.2, 0.25) is 0 Å². The predicted molar refractivity (Wildman–Crippen MR) is 81.8 cm³/mol. The Labute approximate surface area is 123 Å². The summed E-state index contributed by atoms with van der Waals surface area (Å²) in [7, 11) is 2.05. The van der Waals surface area contributed by atoms with Crippen LogP contribution in [-0.4, -0.2) is 18.6 Å². The molecule has 21 heavy (non-hydrogen) atoms. The quantitative estimate of drug-likeness (QED) is 0.737. The zero-order valence-electron chi connectivity index (χ0n) is 11.9. The summed E-state index contributed by atoms with van der Waals surface area (Å²) in [6, 6.07) is 10.3. The number of furan rings is 1. The number of anilines is 1. The number of nitrogens with zero attached hydrogens (tertiary/aromatic N) is 2. The van der Waals surface area contributed by atoms with Gasteiger partial charge in [0.25, 0.3) is 0 Å². The Kier molecular flexibility index (Phi) is 2.81. The molecule has 0 bridgehead atoms. The van der Waals surface area contributed by atoms with Crippen molar-refractivity contribution in [2.45, 2.75) is 13.0 Å². The molecule has 0 spiro atoms. The van der Waals surface area contributed by atoms with E-state index in [1.165, 1.54) is 11.1 Å². The topological polar surface area (TPSA) is 38.5 Å². The van der Waals surface area contributed by atoms with Crippen LogP contribution in [-0.2, 0) is 13.0 Å². The van der Waals surface area contributed by atoms with Crippen molar-refractivity contribution in [3.63, 3.8) is 0 Å². The van der Waals surface area contributed by atoms with E-state index in [0.717, 1.165) is 42.1 Å². The third kappa shape index (κ3) is 2.13. The minimum absolute atomic E-state index is 0.796. The van der Waals surface area contributed by atoms with E-state index in [0.29, 0.717) is 0 Å². The highest BCUT2D eigenvalue weighted by molar-refractivity contribution is 5.88. The first kappa shape index (κ1) is 12.3. The maximum Gasteiger partial charge on any atom is 0.139 e. The van der Waals surface area contributed by atoms with Crippen molar-refractivity contribution in [1.29, 1.82) is 0 Å². The van der Waals surface area contributed by atoms with E-state index in [2.05, 4.69) is 35.1 Å². The molecule has 4 nitrogen and oxygen atoms in total. The summed E-state index contributed by atoms with van der Waals surface area (Å²) in [6.07, 6.45) is 4.49. The first-order valence-corrected chi connectivity index (χ1v) is 7.09. The average Bonchev–Trinajstić information content (AvgIpc) is 3.14. The Hall–Kier alpha value is -2.49. The Bertz CT molecular complexity index is 794. The van der Waals surface area contributed by atoms with Crippen LogP contribution in [0.1, 0.15) is 11.1 Å². The lowest BCUT2D eigenvalue weighted by atomic mass is 10.1. The highest BCUT2D eigenvalue weighted by Crippen LogP contribution is 2.28. The van der Waals surface area contributed by atoms with Crippen LogP contribution in [0.25, 0.3) is 11.0 Å². The molecule has 4 heteroatoms. The number of hydrogen-bond donors (Lipinski definition) is 0. The number of pyridine rings is 1. The number of fused-ring (bicyclic) bond motifs is 2. The highest BCUT2D eigenvalue weighted by atomic mass is 16.5. The highest BCUT2D eigenvalue weighted by Gasteiger charge is 2.14. The molecule has 0 fully saturated rings. The summed E-state index contributed by atoms with van der Waals surface area (Å²) in [5.74, 6) is 1.97. The molecule has 2 aromatic heterocycles. The van der Waals surface area contributed by atoms with Crippen LogP contribution >= 0.6 is 0 Å². The standard InChI is InChI=1S/C17H16N2O2/c1-19(17-14-6-9-21-16(14)4-7-18-17)11-12-2-3-15-13(10-12)5-8-20-15/h2-4,6-7,9-10H,5,8,11H2,1H3. The molecule has 0 aliphatic carbocycles. The molecule has 0 unspecified atom stereocenters. The van der Waals surface area contributed by atoms with E-state index in [4.69, 9.17) is 9.15 Å². The first-order chi connectivity index (χ1) is 10.3. The summed E-state index contributed by atoms with van der Waals surface area (Å²) < 4.78 is 11.0. The summed E-state index contributed by atoms with van der Waals surface area (Å²) in [4.78, 5) is 6.64. The number of ether oxygens (including phenoxy) is 1. The third-order valence-electron chi connectivity index (χ3n) is 3.89. The molecule has 3 heterocycles. The molecule has 0 radical (unpaired) electrons. The Balaban J connectivity index is 1.63. The van der Waals surface area contributed by atoms with Crippen molar-refractivity contribution in [2.24, 2.45) is 0 Å². The molecule has 3 aromatic rings. The minimum Gasteiger partial charge on any atom is -0.493 e. The van der Waals surface area contributed by atoms with Crippen molar-refractivity contribution in [1.82, 2.24) is 4.98 Å².